The van der Waals surface area contributed by atoms with E-state index in [4.69, 9.17) is 5.11 Å². The molecule has 0 heterocycles. The van der Waals surface area contributed by atoms with Crippen LogP contribution in [0.25, 0.3) is 0 Å². The third-order valence-electron chi connectivity index (χ3n) is 3.98. The maximum atomic E-state index is 10.0. The number of hydrogen-bond acceptors (Lipinski definition) is 2. The highest BCUT2D eigenvalue weighted by Crippen LogP contribution is 2.04. The number of aliphatic carboxylic acids is 1. The number of carboxylic acids is 1. The van der Waals surface area contributed by atoms with Gasteiger partial charge >= 0.3 is 5.97 Å². The molecule has 0 aromatic heterocycles. The molecule has 0 aliphatic heterocycles. The van der Waals surface area contributed by atoms with Crippen LogP contribution in [-0.2, 0) is 4.79 Å². The smallest absolute Gasteiger partial charge is 0.303 e. The first-order valence-corrected chi connectivity index (χ1v) is 10.1. The van der Waals surface area contributed by atoms with Gasteiger partial charge < -0.3 is 10.0 Å². The second-order valence-electron chi connectivity index (χ2n) is 6.46. The summed E-state index contributed by atoms with van der Waals surface area (Å²) in [6.45, 7) is 12.9. The van der Waals surface area contributed by atoms with Crippen LogP contribution in [0.15, 0.2) is 0 Å². The normalized spacial score (nSPS) is 10.5. The third kappa shape index (κ3) is 23.8. The summed E-state index contributed by atoms with van der Waals surface area (Å²) in [7, 11) is 0. The number of nitrogens with zero attached hydrogens (tertiary/aromatic N) is 1. The fourth-order valence-corrected chi connectivity index (χ4v) is 2.36. The first kappa shape index (κ1) is 24.7. The molecule has 0 aromatic carbocycles. The zero-order chi connectivity index (χ0) is 17.8. The molecule has 0 aromatic rings. The van der Waals surface area contributed by atoms with E-state index in [-0.39, 0.29) is 0 Å². The second kappa shape index (κ2) is 21.4. The van der Waals surface area contributed by atoms with E-state index in [0.29, 0.717) is 6.42 Å². The van der Waals surface area contributed by atoms with Gasteiger partial charge in [-0.3, -0.25) is 4.79 Å². The second-order valence-corrected chi connectivity index (χ2v) is 6.46. The maximum Gasteiger partial charge on any atom is 0.303 e. The molecule has 0 aliphatic rings. The molecular formula is C20H43NO2. The molecule has 0 radical (unpaired) electrons. The van der Waals surface area contributed by atoms with Crippen molar-refractivity contribution in [2.45, 2.75) is 105 Å². The molecule has 0 saturated carbocycles. The highest BCUT2D eigenvalue weighted by Gasteiger charge is 2.01. The van der Waals surface area contributed by atoms with Gasteiger partial charge in [0.2, 0.25) is 0 Å². The minimum absolute atomic E-state index is 0.337. The van der Waals surface area contributed by atoms with Crippen molar-refractivity contribution in [1.82, 2.24) is 4.90 Å². The van der Waals surface area contributed by atoms with E-state index >= 15 is 0 Å². The highest BCUT2D eigenvalue weighted by atomic mass is 16.4. The lowest BCUT2D eigenvalue weighted by molar-refractivity contribution is -0.137. The van der Waals surface area contributed by atoms with Crippen molar-refractivity contribution in [1.29, 1.82) is 0 Å². The predicted molar refractivity (Wildman–Crippen MR) is 102 cm³/mol. The molecule has 0 spiro atoms. The van der Waals surface area contributed by atoms with Crippen LogP contribution in [0.1, 0.15) is 105 Å². The lowest BCUT2D eigenvalue weighted by Gasteiger charge is -2.21. The van der Waals surface area contributed by atoms with Gasteiger partial charge in [0.15, 0.2) is 0 Å². The first-order valence-electron chi connectivity index (χ1n) is 10.1. The van der Waals surface area contributed by atoms with Crippen molar-refractivity contribution in [3.63, 3.8) is 0 Å². The molecule has 0 fully saturated rings. The van der Waals surface area contributed by atoms with Crippen molar-refractivity contribution in [3.8, 4) is 0 Å². The van der Waals surface area contributed by atoms with Crippen molar-refractivity contribution < 1.29 is 9.90 Å². The molecule has 0 unspecified atom stereocenters. The molecule has 0 amide bonds. The van der Waals surface area contributed by atoms with E-state index in [1.807, 2.05) is 0 Å². The number of rotatable bonds is 15. The standard InChI is InChI=1S/C12H27N.C8H16O2/c1-4-7-10-13(11-8-5-2)12-9-6-3;1-2-3-4-5-6-7-8(9)10/h4-12H2,1-3H3;2-7H2,1H3,(H,9,10). The molecule has 0 saturated heterocycles. The Morgan fingerprint density at radius 3 is 1.39 bits per heavy atom. The molecule has 0 atom stereocenters. The van der Waals surface area contributed by atoms with Gasteiger partial charge in [-0.05, 0) is 45.3 Å². The van der Waals surface area contributed by atoms with E-state index in [9.17, 15) is 4.79 Å². The Labute approximate surface area is 145 Å². The monoisotopic (exact) mass is 329 g/mol. The van der Waals surface area contributed by atoms with Crippen molar-refractivity contribution >= 4 is 5.97 Å². The van der Waals surface area contributed by atoms with E-state index in [0.717, 1.165) is 12.8 Å². The Kier molecular flexibility index (Phi) is 23.0. The molecular weight excluding hydrogens is 286 g/mol. The Morgan fingerprint density at radius 1 is 0.652 bits per heavy atom. The Bertz CT molecular complexity index is 213. The van der Waals surface area contributed by atoms with Crippen molar-refractivity contribution in [2.75, 3.05) is 19.6 Å². The number of carbonyl (C=O) groups is 1. The van der Waals surface area contributed by atoms with Crippen LogP contribution in [0.4, 0.5) is 0 Å². The van der Waals surface area contributed by atoms with Gasteiger partial charge in [0, 0.05) is 6.42 Å². The summed E-state index contributed by atoms with van der Waals surface area (Å²) in [4.78, 5) is 12.7. The van der Waals surface area contributed by atoms with E-state index in [1.165, 1.54) is 77.4 Å². The summed E-state index contributed by atoms with van der Waals surface area (Å²) in [6.07, 6.45) is 14.0. The zero-order valence-electron chi connectivity index (χ0n) is 16.4. The molecule has 23 heavy (non-hydrogen) atoms. The number of carboxylic acid groups (broad SMARTS) is 1. The van der Waals surface area contributed by atoms with Crippen LogP contribution in [0, 0.1) is 0 Å². The number of unbranched alkanes of at least 4 members (excludes halogenated alkanes) is 7. The minimum atomic E-state index is -0.670. The molecule has 0 bridgehead atoms. The van der Waals surface area contributed by atoms with E-state index in [1.54, 1.807) is 0 Å². The SMILES string of the molecule is CCCCCCCC(=O)O.CCCCN(CCCC)CCCC. The summed E-state index contributed by atoms with van der Waals surface area (Å²) in [5.74, 6) is -0.670. The molecule has 1 N–H and O–H groups in total. The predicted octanol–water partition coefficient (Wildman–Crippen LogP) is 6.12. The van der Waals surface area contributed by atoms with Crippen LogP contribution in [0.5, 0.6) is 0 Å². The summed E-state index contributed by atoms with van der Waals surface area (Å²) >= 11 is 0. The van der Waals surface area contributed by atoms with Gasteiger partial charge in [-0.2, -0.15) is 0 Å². The van der Waals surface area contributed by atoms with E-state index in [2.05, 4.69) is 32.6 Å². The van der Waals surface area contributed by atoms with Crippen molar-refractivity contribution in [2.24, 2.45) is 0 Å². The van der Waals surface area contributed by atoms with E-state index < -0.39 is 5.97 Å². The average Bonchev–Trinajstić information content (AvgIpc) is 2.54. The van der Waals surface area contributed by atoms with Crippen LogP contribution < -0.4 is 0 Å². The summed E-state index contributed by atoms with van der Waals surface area (Å²) < 4.78 is 0. The quantitative estimate of drug-likeness (QED) is 0.368. The first-order chi connectivity index (χ1) is 11.1. The summed E-state index contributed by atoms with van der Waals surface area (Å²) in [5, 5.41) is 8.27. The van der Waals surface area contributed by atoms with Gasteiger partial charge in [0.1, 0.15) is 0 Å². The molecule has 3 heteroatoms. The highest BCUT2D eigenvalue weighted by molar-refractivity contribution is 5.66. The third-order valence-corrected chi connectivity index (χ3v) is 3.98. The molecule has 3 nitrogen and oxygen atoms in total. The summed E-state index contributed by atoms with van der Waals surface area (Å²) in [5.41, 5.74) is 0. The Morgan fingerprint density at radius 2 is 1.04 bits per heavy atom. The van der Waals surface area contributed by atoms with Crippen LogP contribution in [0.3, 0.4) is 0 Å². The fraction of sp³-hybridized carbons (Fsp3) is 0.950. The Balaban J connectivity index is 0. The average molecular weight is 330 g/mol. The van der Waals surface area contributed by atoms with Crippen LogP contribution in [0.2, 0.25) is 0 Å². The van der Waals surface area contributed by atoms with Gasteiger partial charge in [-0.15, -0.1) is 0 Å². The minimum Gasteiger partial charge on any atom is -0.481 e. The fourth-order valence-electron chi connectivity index (χ4n) is 2.36. The van der Waals surface area contributed by atoms with Crippen LogP contribution >= 0.6 is 0 Å². The lowest BCUT2D eigenvalue weighted by Crippen LogP contribution is -2.27. The van der Waals surface area contributed by atoms with Gasteiger partial charge in [0.05, 0.1) is 0 Å². The zero-order valence-corrected chi connectivity index (χ0v) is 16.4. The number of hydrogen-bond donors (Lipinski definition) is 1. The topological polar surface area (TPSA) is 40.5 Å². The lowest BCUT2D eigenvalue weighted by atomic mass is 10.1. The maximum absolute atomic E-state index is 10.0. The molecule has 140 valence electrons. The Hall–Kier alpha value is -0.570. The molecule has 0 aliphatic carbocycles. The van der Waals surface area contributed by atoms with Crippen LogP contribution in [-0.4, -0.2) is 35.6 Å². The van der Waals surface area contributed by atoms with Gasteiger partial charge in [-0.1, -0.05) is 72.6 Å². The summed E-state index contributed by atoms with van der Waals surface area (Å²) in [6, 6.07) is 0. The van der Waals surface area contributed by atoms with Crippen molar-refractivity contribution in [3.05, 3.63) is 0 Å². The molecule has 0 rings (SSSR count). The van der Waals surface area contributed by atoms with Gasteiger partial charge in [0.25, 0.3) is 0 Å². The largest absolute Gasteiger partial charge is 0.481 e. The van der Waals surface area contributed by atoms with Gasteiger partial charge in [-0.25, -0.2) is 0 Å².